The van der Waals surface area contributed by atoms with E-state index >= 15 is 0 Å². The lowest BCUT2D eigenvalue weighted by atomic mass is 9.95. The number of nitrogens with one attached hydrogen (secondary N) is 1. The number of rotatable bonds is 4. The summed E-state index contributed by atoms with van der Waals surface area (Å²) in [6.07, 6.45) is 5.42. The third-order valence-electron chi connectivity index (χ3n) is 4.66. The molecule has 1 fully saturated rings. The van der Waals surface area contributed by atoms with Gasteiger partial charge in [0.15, 0.2) is 0 Å². The van der Waals surface area contributed by atoms with E-state index in [1.165, 1.54) is 29.3 Å². The highest BCUT2D eigenvalue weighted by Gasteiger charge is 2.22. The Morgan fingerprint density at radius 3 is 2.52 bits per heavy atom. The Balaban J connectivity index is 1.80. The zero-order valence-corrected chi connectivity index (χ0v) is 14.2. The van der Waals surface area contributed by atoms with E-state index in [1.807, 2.05) is 0 Å². The number of aromatic nitrogens is 2. The maximum Gasteiger partial charge on any atom is 0.267 e. The van der Waals surface area contributed by atoms with Gasteiger partial charge in [-0.05, 0) is 50.1 Å². The van der Waals surface area contributed by atoms with Crippen LogP contribution in [0.15, 0.2) is 41.2 Å². The van der Waals surface area contributed by atoms with Crippen LogP contribution in [0, 0.1) is 5.82 Å². The Kier molecular flexibility index (Phi) is 5.26. The number of amides is 1. The second-order valence-electron chi connectivity index (χ2n) is 6.53. The number of halogens is 1. The molecule has 1 saturated carbocycles. The molecule has 6 heteroatoms. The summed E-state index contributed by atoms with van der Waals surface area (Å²) in [7, 11) is 0. The molecule has 5 nitrogen and oxygen atoms in total. The summed E-state index contributed by atoms with van der Waals surface area (Å²) in [5.41, 5.74) is 0.879. The van der Waals surface area contributed by atoms with Crippen molar-refractivity contribution >= 4 is 5.91 Å². The van der Waals surface area contributed by atoms with Gasteiger partial charge < -0.3 is 5.32 Å². The van der Waals surface area contributed by atoms with Crippen molar-refractivity contribution < 1.29 is 9.18 Å². The van der Waals surface area contributed by atoms with E-state index in [2.05, 4.69) is 10.4 Å². The number of hydrogen-bond donors (Lipinski definition) is 1. The average Bonchev–Trinajstić information content (AvgIpc) is 2.63. The maximum atomic E-state index is 13.1. The van der Waals surface area contributed by atoms with Crippen LogP contribution in [0.2, 0.25) is 0 Å². The van der Waals surface area contributed by atoms with Crippen molar-refractivity contribution in [1.82, 2.24) is 15.1 Å². The molecule has 0 spiro atoms. The van der Waals surface area contributed by atoms with E-state index in [0.29, 0.717) is 11.3 Å². The standard InChI is InChI=1S/C19H22FN3O2/c1-13(19(25)21-16-5-3-2-4-6-16)23-18(24)12-11-17(22-23)14-7-9-15(20)10-8-14/h7-13,16H,2-6H2,1H3,(H,21,25). The molecule has 1 N–H and O–H groups in total. The molecule has 0 saturated heterocycles. The minimum absolute atomic E-state index is 0.180. The number of nitrogens with zero attached hydrogens (tertiary/aromatic N) is 2. The van der Waals surface area contributed by atoms with Gasteiger partial charge in [-0.2, -0.15) is 5.10 Å². The maximum absolute atomic E-state index is 13.1. The van der Waals surface area contributed by atoms with Gasteiger partial charge in [-0.3, -0.25) is 9.59 Å². The normalized spacial score (nSPS) is 16.4. The SMILES string of the molecule is CC(C(=O)NC1CCCCC1)n1nc(-c2ccc(F)cc2)ccc1=O. The topological polar surface area (TPSA) is 64.0 Å². The predicted molar refractivity (Wildman–Crippen MR) is 93.6 cm³/mol. The smallest absolute Gasteiger partial charge is 0.267 e. The minimum atomic E-state index is -0.699. The van der Waals surface area contributed by atoms with Gasteiger partial charge in [0, 0.05) is 17.7 Å². The first kappa shape index (κ1) is 17.3. The van der Waals surface area contributed by atoms with Crippen LogP contribution in [0.5, 0.6) is 0 Å². The Morgan fingerprint density at radius 2 is 1.84 bits per heavy atom. The van der Waals surface area contributed by atoms with Crippen LogP contribution < -0.4 is 10.9 Å². The number of hydrogen-bond acceptors (Lipinski definition) is 3. The monoisotopic (exact) mass is 343 g/mol. The van der Waals surface area contributed by atoms with E-state index in [1.54, 1.807) is 25.1 Å². The zero-order valence-electron chi connectivity index (χ0n) is 14.2. The highest BCUT2D eigenvalue weighted by Crippen LogP contribution is 2.19. The van der Waals surface area contributed by atoms with Gasteiger partial charge in [0.2, 0.25) is 5.91 Å². The van der Waals surface area contributed by atoms with Crippen LogP contribution >= 0.6 is 0 Å². The molecular formula is C19H22FN3O2. The summed E-state index contributed by atoms with van der Waals surface area (Å²) in [6, 6.07) is 8.32. The van der Waals surface area contributed by atoms with Gasteiger partial charge in [-0.1, -0.05) is 19.3 Å². The van der Waals surface area contributed by atoms with E-state index in [4.69, 9.17) is 0 Å². The molecule has 1 aliphatic rings. The van der Waals surface area contributed by atoms with Gasteiger partial charge >= 0.3 is 0 Å². The fourth-order valence-corrected chi connectivity index (χ4v) is 3.16. The highest BCUT2D eigenvalue weighted by molar-refractivity contribution is 5.80. The molecule has 1 aromatic heterocycles. The Morgan fingerprint density at radius 1 is 1.16 bits per heavy atom. The first-order valence-electron chi connectivity index (χ1n) is 8.71. The summed E-state index contributed by atoms with van der Waals surface area (Å²) in [6.45, 7) is 1.67. The fraction of sp³-hybridized carbons (Fsp3) is 0.421. The van der Waals surface area contributed by atoms with Crippen LogP contribution in [0.1, 0.15) is 45.1 Å². The molecule has 3 rings (SSSR count). The number of benzene rings is 1. The third kappa shape index (κ3) is 4.13. The summed E-state index contributed by atoms with van der Waals surface area (Å²) < 4.78 is 14.3. The minimum Gasteiger partial charge on any atom is -0.352 e. The van der Waals surface area contributed by atoms with Crippen LogP contribution in [0.3, 0.4) is 0 Å². The molecular weight excluding hydrogens is 321 g/mol. The number of carbonyl (C=O) groups is 1. The van der Waals surface area contributed by atoms with Crippen LogP contribution in [0.4, 0.5) is 4.39 Å². The Bertz CT molecular complexity index is 795. The molecule has 2 aromatic rings. The van der Waals surface area contributed by atoms with Crippen molar-refractivity contribution in [3.63, 3.8) is 0 Å². The Labute approximate surface area is 145 Å². The molecule has 1 atom stereocenters. The molecule has 1 heterocycles. The van der Waals surface area contributed by atoms with Crippen molar-refractivity contribution in [3.8, 4) is 11.3 Å². The van der Waals surface area contributed by atoms with E-state index < -0.39 is 6.04 Å². The molecule has 0 radical (unpaired) electrons. The first-order valence-corrected chi connectivity index (χ1v) is 8.71. The van der Waals surface area contributed by atoms with E-state index in [-0.39, 0.29) is 23.3 Å². The second kappa shape index (κ2) is 7.59. The van der Waals surface area contributed by atoms with Crippen molar-refractivity contribution in [2.45, 2.75) is 51.1 Å². The molecule has 1 aromatic carbocycles. The van der Waals surface area contributed by atoms with Crippen LogP contribution in [-0.4, -0.2) is 21.7 Å². The first-order chi connectivity index (χ1) is 12.0. The lowest BCUT2D eigenvalue weighted by molar-refractivity contribution is -0.125. The summed E-state index contributed by atoms with van der Waals surface area (Å²) >= 11 is 0. The predicted octanol–water partition coefficient (Wildman–Crippen LogP) is 3.06. The average molecular weight is 343 g/mol. The van der Waals surface area contributed by atoms with Crippen LogP contribution in [0.25, 0.3) is 11.3 Å². The molecule has 0 bridgehead atoms. The van der Waals surface area contributed by atoms with Gasteiger partial charge in [0.1, 0.15) is 11.9 Å². The second-order valence-corrected chi connectivity index (χ2v) is 6.53. The lowest BCUT2D eigenvalue weighted by Crippen LogP contribution is -2.42. The molecule has 132 valence electrons. The van der Waals surface area contributed by atoms with E-state index in [0.717, 1.165) is 25.7 Å². The Hall–Kier alpha value is -2.50. The fourth-order valence-electron chi connectivity index (χ4n) is 3.16. The largest absolute Gasteiger partial charge is 0.352 e. The molecule has 1 amide bonds. The molecule has 25 heavy (non-hydrogen) atoms. The summed E-state index contributed by atoms with van der Waals surface area (Å²) in [5, 5.41) is 7.33. The number of carbonyl (C=O) groups excluding carboxylic acids is 1. The lowest BCUT2D eigenvalue weighted by Gasteiger charge is -2.24. The van der Waals surface area contributed by atoms with Crippen molar-refractivity contribution in [1.29, 1.82) is 0 Å². The summed E-state index contributed by atoms with van der Waals surface area (Å²) in [5.74, 6) is -0.532. The highest BCUT2D eigenvalue weighted by atomic mass is 19.1. The summed E-state index contributed by atoms with van der Waals surface area (Å²) in [4.78, 5) is 24.7. The molecule has 1 unspecified atom stereocenters. The molecule has 1 aliphatic carbocycles. The van der Waals surface area contributed by atoms with Crippen molar-refractivity contribution in [2.24, 2.45) is 0 Å². The van der Waals surface area contributed by atoms with Gasteiger partial charge in [-0.25, -0.2) is 9.07 Å². The quantitative estimate of drug-likeness (QED) is 0.928. The third-order valence-corrected chi connectivity index (χ3v) is 4.66. The van der Waals surface area contributed by atoms with Gasteiger partial charge in [0.05, 0.1) is 5.69 Å². The van der Waals surface area contributed by atoms with Crippen molar-refractivity contribution in [2.75, 3.05) is 0 Å². The van der Waals surface area contributed by atoms with E-state index in [9.17, 15) is 14.0 Å². The molecule has 0 aliphatic heterocycles. The zero-order chi connectivity index (χ0) is 17.8. The van der Waals surface area contributed by atoms with Gasteiger partial charge in [0.25, 0.3) is 5.56 Å². The van der Waals surface area contributed by atoms with Crippen molar-refractivity contribution in [3.05, 3.63) is 52.6 Å². The van der Waals surface area contributed by atoms with Gasteiger partial charge in [-0.15, -0.1) is 0 Å². The van der Waals surface area contributed by atoms with Crippen LogP contribution in [-0.2, 0) is 4.79 Å².